The third-order valence-electron chi connectivity index (χ3n) is 3.84. The second-order valence-corrected chi connectivity index (χ2v) is 8.31. The van der Waals surface area contributed by atoms with E-state index in [1.807, 2.05) is 39.0 Å². The standard InChI is InChI=1S/C17H23BrClNO3/c1-17(2,3)23-16(22)20-7-6-15(21)12(10-20)8-11-9-13(18)4-5-14(11)19/h4-5,9,12,15,21H,6-8,10H2,1-3H3/t12-,15+/m1/s1. The van der Waals surface area contributed by atoms with E-state index in [9.17, 15) is 9.90 Å². The molecule has 1 aromatic rings. The van der Waals surface area contributed by atoms with Crippen LogP contribution in [0.25, 0.3) is 0 Å². The summed E-state index contributed by atoms with van der Waals surface area (Å²) in [6.45, 7) is 6.53. The van der Waals surface area contributed by atoms with Crippen molar-refractivity contribution in [3.05, 3.63) is 33.3 Å². The van der Waals surface area contributed by atoms with E-state index in [4.69, 9.17) is 16.3 Å². The van der Waals surface area contributed by atoms with Crippen LogP contribution in [-0.2, 0) is 11.2 Å². The maximum absolute atomic E-state index is 12.2. The van der Waals surface area contributed by atoms with E-state index in [0.717, 1.165) is 10.0 Å². The number of hydrogen-bond donors (Lipinski definition) is 1. The lowest BCUT2D eigenvalue weighted by Gasteiger charge is -2.37. The van der Waals surface area contributed by atoms with E-state index in [0.29, 0.717) is 31.0 Å². The van der Waals surface area contributed by atoms with Gasteiger partial charge in [0.15, 0.2) is 0 Å². The summed E-state index contributed by atoms with van der Waals surface area (Å²) < 4.78 is 6.38. The van der Waals surface area contributed by atoms with Gasteiger partial charge in [-0.15, -0.1) is 0 Å². The molecule has 23 heavy (non-hydrogen) atoms. The van der Waals surface area contributed by atoms with Gasteiger partial charge in [-0.05, 0) is 57.4 Å². The summed E-state index contributed by atoms with van der Waals surface area (Å²) in [6, 6.07) is 5.68. The predicted molar refractivity (Wildman–Crippen MR) is 94.8 cm³/mol. The highest BCUT2D eigenvalue weighted by Gasteiger charge is 2.32. The Morgan fingerprint density at radius 3 is 2.83 bits per heavy atom. The van der Waals surface area contributed by atoms with Crippen LogP contribution in [-0.4, -0.2) is 40.9 Å². The summed E-state index contributed by atoms with van der Waals surface area (Å²) in [4.78, 5) is 13.9. The molecule has 1 saturated heterocycles. The first-order valence-electron chi connectivity index (χ1n) is 7.75. The van der Waals surface area contributed by atoms with Gasteiger partial charge in [0, 0.05) is 28.5 Å². The van der Waals surface area contributed by atoms with Crippen molar-refractivity contribution in [1.29, 1.82) is 0 Å². The highest BCUT2D eigenvalue weighted by molar-refractivity contribution is 9.10. The first-order chi connectivity index (χ1) is 10.7. The highest BCUT2D eigenvalue weighted by Crippen LogP contribution is 2.28. The highest BCUT2D eigenvalue weighted by atomic mass is 79.9. The molecule has 0 aromatic heterocycles. The average Bonchev–Trinajstić information content (AvgIpc) is 2.43. The molecule has 0 unspecified atom stereocenters. The molecule has 2 atom stereocenters. The van der Waals surface area contributed by atoms with Gasteiger partial charge in [-0.3, -0.25) is 0 Å². The molecule has 1 aromatic carbocycles. The molecule has 1 aliphatic rings. The second kappa shape index (κ2) is 7.41. The van der Waals surface area contributed by atoms with Gasteiger partial charge in [-0.2, -0.15) is 0 Å². The smallest absolute Gasteiger partial charge is 0.410 e. The summed E-state index contributed by atoms with van der Waals surface area (Å²) in [5.41, 5.74) is 0.451. The second-order valence-electron chi connectivity index (χ2n) is 6.98. The molecule has 0 aliphatic carbocycles. The van der Waals surface area contributed by atoms with Gasteiger partial charge in [0.25, 0.3) is 0 Å². The number of likely N-dealkylation sites (tertiary alicyclic amines) is 1. The van der Waals surface area contributed by atoms with Gasteiger partial charge in [-0.1, -0.05) is 27.5 Å². The van der Waals surface area contributed by atoms with Crippen molar-refractivity contribution in [2.24, 2.45) is 5.92 Å². The zero-order valence-electron chi connectivity index (χ0n) is 13.7. The number of piperidine rings is 1. The number of amides is 1. The van der Waals surface area contributed by atoms with Crippen LogP contribution in [0.3, 0.4) is 0 Å². The zero-order chi connectivity index (χ0) is 17.2. The van der Waals surface area contributed by atoms with Crippen molar-refractivity contribution >= 4 is 33.6 Å². The van der Waals surface area contributed by atoms with Gasteiger partial charge in [0.1, 0.15) is 5.60 Å². The van der Waals surface area contributed by atoms with Crippen LogP contribution in [0.15, 0.2) is 22.7 Å². The molecular formula is C17H23BrClNO3. The fraction of sp³-hybridized carbons (Fsp3) is 0.588. The number of halogens is 2. The third kappa shape index (κ3) is 5.37. The Morgan fingerprint density at radius 1 is 1.48 bits per heavy atom. The van der Waals surface area contributed by atoms with Gasteiger partial charge in [0.2, 0.25) is 0 Å². The van der Waals surface area contributed by atoms with Crippen LogP contribution in [0, 0.1) is 5.92 Å². The van der Waals surface area contributed by atoms with Crippen molar-refractivity contribution < 1.29 is 14.6 Å². The maximum Gasteiger partial charge on any atom is 0.410 e. The van der Waals surface area contributed by atoms with Crippen molar-refractivity contribution in [2.45, 2.75) is 45.3 Å². The van der Waals surface area contributed by atoms with Crippen LogP contribution in [0.5, 0.6) is 0 Å². The molecule has 4 nitrogen and oxygen atoms in total. The summed E-state index contributed by atoms with van der Waals surface area (Å²) in [5, 5.41) is 11.0. The summed E-state index contributed by atoms with van der Waals surface area (Å²) in [5.74, 6) is -0.0527. The molecule has 2 rings (SSSR count). The topological polar surface area (TPSA) is 49.8 Å². The Balaban J connectivity index is 2.06. The van der Waals surface area contributed by atoms with E-state index in [2.05, 4.69) is 15.9 Å². The molecule has 0 spiro atoms. The minimum Gasteiger partial charge on any atom is -0.444 e. The number of nitrogens with zero attached hydrogens (tertiary/aromatic N) is 1. The van der Waals surface area contributed by atoms with Crippen LogP contribution in [0.2, 0.25) is 5.02 Å². The van der Waals surface area contributed by atoms with Crippen LogP contribution < -0.4 is 0 Å². The molecule has 6 heteroatoms. The van der Waals surface area contributed by atoms with Crippen molar-refractivity contribution in [3.8, 4) is 0 Å². The van der Waals surface area contributed by atoms with Gasteiger partial charge >= 0.3 is 6.09 Å². The molecule has 1 heterocycles. The molecule has 1 aliphatic heterocycles. The first kappa shape index (κ1) is 18.6. The third-order valence-corrected chi connectivity index (χ3v) is 4.70. The van der Waals surface area contributed by atoms with Gasteiger partial charge in [0.05, 0.1) is 6.10 Å². The largest absolute Gasteiger partial charge is 0.444 e. The van der Waals surface area contributed by atoms with E-state index in [-0.39, 0.29) is 12.0 Å². The normalized spacial score (nSPS) is 22.1. The number of rotatable bonds is 2. The summed E-state index contributed by atoms with van der Waals surface area (Å²) >= 11 is 9.68. The van der Waals surface area contributed by atoms with E-state index in [1.165, 1.54) is 0 Å². The number of carbonyl (C=O) groups is 1. The van der Waals surface area contributed by atoms with Crippen LogP contribution in [0.1, 0.15) is 32.8 Å². The predicted octanol–water partition coefficient (Wildman–Crippen LogP) is 4.26. The Morgan fingerprint density at radius 2 is 2.17 bits per heavy atom. The fourth-order valence-corrected chi connectivity index (χ4v) is 3.30. The molecule has 0 radical (unpaired) electrons. The monoisotopic (exact) mass is 403 g/mol. The summed E-state index contributed by atoms with van der Waals surface area (Å²) in [7, 11) is 0. The number of aliphatic hydroxyl groups is 1. The van der Waals surface area contributed by atoms with Crippen LogP contribution >= 0.6 is 27.5 Å². The zero-order valence-corrected chi connectivity index (χ0v) is 16.0. The van der Waals surface area contributed by atoms with Crippen LogP contribution in [0.4, 0.5) is 4.79 Å². The Kier molecular flexibility index (Phi) is 5.98. The lowest BCUT2D eigenvalue weighted by atomic mass is 9.89. The Bertz CT molecular complexity index is 573. The maximum atomic E-state index is 12.2. The number of aliphatic hydroxyl groups excluding tert-OH is 1. The number of benzene rings is 1. The number of carbonyl (C=O) groups excluding carboxylic acids is 1. The average molecular weight is 405 g/mol. The molecule has 128 valence electrons. The summed E-state index contributed by atoms with van der Waals surface area (Å²) in [6.07, 6.45) is 0.410. The number of hydrogen-bond acceptors (Lipinski definition) is 3. The molecule has 1 N–H and O–H groups in total. The Hall–Kier alpha value is -0.780. The van der Waals surface area contributed by atoms with E-state index >= 15 is 0 Å². The Labute approximate surface area is 150 Å². The fourth-order valence-electron chi connectivity index (χ4n) is 2.69. The number of ether oxygens (including phenoxy) is 1. The van der Waals surface area contributed by atoms with Gasteiger partial charge < -0.3 is 14.7 Å². The lowest BCUT2D eigenvalue weighted by Crippen LogP contribution is -2.48. The lowest BCUT2D eigenvalue weighted by molar-refractivity contribution is -0.00823. The first-order valence-corrected chi connectivity index (χ1v) is 8.93. The van der Waals surface area contributed by atoms with Crippen molar-refractivity contribution in [1.82, 2.24) is 4.90 Å². The minimum atomic E-state index is -0.518. The van der Waals surface area contributed by atoms with Crippen molar-refractivity contribution in [3.63, 3.8) is 0 Å². The van der Waals surface area contributed by atoms with E-state index < -0.39 is 11.7 Å². The van der Waals surface area contributed by atoms with Gasteiger partial charge in [-0.25, -0.2) is 4.79 Å². The molecule has 1 fully saturated rings. The molecular weight excluding hydrogens is 382 g/mol. The minimum absolute atomic E-state index is 0.0527. The molecule has 0 saturated carbocycles. The molecule has 0 bridgehead atoms. The van der Waals surface area contributed by atoms with E-state index in [1.54, 1.807) is 4.90 Å². The SMILES string of the molecule is CC(C)(C)OC(=O)N1CC[C@H](O)[C@H](Cc2cc(Br)ccc2Cl)C1. The quantitative estimate of drug-likeness (QED) is 0.801. The van der Waals surface area contributed by atoms with Crippen molar-refractivity contribution in [2.75, 3.05) is 13.1 Å². The molecule has 1 amide bonds.